The van der Waals surface area contributed by atoms with Gasteiger partial charge in [-0.3, -0.25) is 9.59 Å². The first kappa shape index (κ1) is 28.7. The Morgan fingerprint density at radius 3 is 1.82 bits per heavy atom. The largest absolute Gasteiger partial charge is 0.308 e. The highest BCUT2D eigenvalue weighted by molar-refractivity contribution is 6.36. The van der Waals surface area contributed by atoms with Crippen molar-refractivity contribution < 1.29 is 9.59 Å². The monoisotopic (exact) mass is 630 g/mol. The number of aryl methyl sites for hydroxylation is 1. The third kappa shape index (κ3) is 4.53. The Bertz CT molecular complexity index is 2580. The van der Waals surface area contributed by atoms with E-state index in [1.165, 1.54) is 10.5 Å². The second-order valence-corrected chi connectivity index (χ2v) is 12.5. The molecule has 4 heteroatoms. The van der Waals surface area contributed by atoms with Crippen LogP contribution in [0, 0.1) is 6.92 Å². The number of aromatic nitrogens is 1. The van der Waals surface area contributed by atoms with Crippen molar-refractivity contribution >= 4 is 39.3 Å². The number of para-hydroxylation sites is 2. The van der Waals surface area contributed by atoms with Crippen LogP contribution in [0.2, 0.25) is 0 Å². The average molecular weight is 631 g/mol. The van der Waals surface area contributed by atoms with Crippen LogP contribution in [-0.2, 0) is 0 Å². The minimum absolute atomic E-state index is 0.328. The first-order chi connectivity index (χ1) is 24.1. The molecule has 0 aliphatic carbocycles. The summed E-state index contributed by atoms with van der Waals surface area (Å²) in [7, 11) is 0. The molecule has 0 N–H and O–H groups in total. The first-order valence-corrected chi connectivity index (χ1v) is 16.4. The van der Waals surface area contributed by atoms with E-state index in [9.17, 15) is 9.59 Å². The lowest BCUT2D eigenvalue weighted by Gasteiger charge is -2.20. The molecule has 0 fully saturated rings. The molecule has 0 bridgehead atoms. The van der Waals surface area contributed by atoms with Crippen LogP contribution >= 0.6 is 0 Å². The van der Waals surface area contributed by atoms with E-state index in [1.807, 2.05) is 84.9 Å². The molecule has 0 unspecified atom stereocenters. The first-order valence-electron chi connectivity index (χ1n) is 16.4. The van der Waals surface area contributed by atoms with E-state index in [-0.39, 0.29) is 11.8 Å². The molecular weight excluding hydrogens is 601 g/mol. The summed E-state index contributed by atoms with van der Waals surface area (Å²) in [6.07, 6.45) is 0. The molecule has 1 aliphatic rings. The molecule has 8 aromatic rings. The maximum absolute atomic E-state index is 14.8. The van der Waals surface area contributed by atoms with Crippen LogP contribution in [0.3, 0.4) is 0 Å². The van der Waals surface area contributed by atoms with Gasteiger partial charge in [0.15, 0.2) is 0 Å². The fourth-order valence-electron chi connectivity index (χ4n) is 7.30. The Kier molecular flexibility index (Phi) is 6.63. The van der Waals surface area contributed by atoms with E-state index in [0.717, 1.165) is 55.2 Å². The third-order valence-electron chi connectivity index (χ3n) is 9.62. The van der Waals surface area contributed by atoms with E-state index >= 15 is 0 Å². The standard InChI is InChI=1S/C45H30N2O2/c1-29-22-24-32(25-23-29)34-17-10-18-36-35-16-8-9-20-39(35)46(43(34)36)41-21-11-19-37-42(41)45(49)47(44(37)48)40-27-26-33(30-12-4-2-5-13-30)28-38(40)31-14-6-3-7-15-31/h2-28H,1H3. The quantitative estimate of drug-likeness (QED) is 0.178. The summed E-state index contributed by atoms with van der Waals surface area (Å²) in [5, 5.41) is 2.17. The molecule has 7 aromatic carbocycles. The zero-order chi connectivity index (χ0) is 33.1. The van der Waals surface area contributed by atoms with Gasteiger partial charge in [-0.25, -0.2) is 4.90 Å². The van der Waals surface area contributed by atoms with Crippen molar-refractivity contribution in [3.8, 4) is 39.1 Å². The van der Waals surface area contributed by atoms with Gasteiger partial charge < -0.3 is 4.57 Å². The highest BCUT2D eigenvalue weighted by Crippen LogP contribution is 2.43. The van der Waals surface area contributed by atoms with Crippen LogP contribution < -0.4 is 4.90 Å². The fraction of sp³-hybridized carbons (Fsp3) is 0.0222. The molecule has 0 atom stereocenters. The Morgan fingerprint density at radius 1 is 0.429 bits per heavy atom. The molecule has 0 radical (unpaired) electrons. The molecule has 0 saturated carbocycles. The van der Waals surface area contributed by atoms with Crippen molar-refractivity contribution in [1.82, 2.24) is 4.57 Å². The van der Waals surface area contributed by atoms with Gasteiger partial charge in [0.05, 0.1) is 33.5 Å². The summed E-state index contributed by atoms with van der Waals surface area (Å²) in [6.45, 7) is 2.08. The van der Waals surface area contributed by atoms with Gasteiger partial charge in [-0.05, 0) is 59.5 Å². The molecule has 0 saturated heterocycles. The van der Waals surface area contributed by atoms with Crippen LogP contribution in [0.5, 0.6) is 0 Å². The zero-order valence-electron chi connectivity index (χ0n) is 26.8. The van der Waals surface area contributed by atoms with E-state index < -0.39 is 0 Å². The van der Waals surface area contributed by atoms with Crippen LogP contribution in [-0.4, -0.2) is 16.4 Å². The summed E-state index contributed by atoms with van der Waals surface area (Å²) in [5.74, 6) is -0.662. The van der Waals surface area contributed by atoms with E-state index in [4.69, 9.17) is 0 Å². The lowest BCUT2D eigenvalue weighted by Crippen LogP contribution is -2.30. The lowest BCUT2D eigenvalue weighted by atomic mass is 9.97. The molecule has 1 aliphatic heterocycles. The van der Waals surface area contributed by atoms with Crippen LogP contribution in [0.4, 0.5) is 5.69 Å². The lowest BCUT2D eigenvalue weighted by molar-refractivity contribution is 0.0926. The van der Waals surface area contributed by atoms with Gasteiger partial charge in [-0.2, -0.15) is 0 Å². The minimum atomic E-state index is -0.334. The molecule has 2 heterocycles. The highest BCUT2D eigenvalue weighted by Gasteiger charge is 2.40. The van der Waals surface area contributed by atoms with Gasteiger partial charge in [0.25, 0.3) is 11.8 Å². The van der Waals surface area contributed by atoms with Crippen molar-refractivity contribution in [2.45, 2.75) is 6.92 Å². The van der Waals surface area contributed by atoms with Gasteiger partial charge in [-0.1, -0.05) is 139 Å². The van der Waals surface area contributed by atoms with Gasteiger partial charge in [0.1, 0.15) is 0 Å². The van der Waals surface area contributed by atoms with Gasteiger partial charge >= 0.3 is 0 Å². The van der Waals surface area contributed by atoms with Gasteiger partial charge in [0, 0.05) is 21.9 Å². The number of imide groups is 1. The number of carbonyl (C=O) groups excluding carboxylic acids is 2. The molecular formula is C45H30N2O2. The summed E-state index contributed by atoms with van der Waals surface area (Å²) < 4.78 is 2.17. The molecule has 0 spiro atoms. The number of nitrogens with zero attached hydrogens (tertiary/aromatic N) is 2. The van der Waals surface area contributed by atoms with Crippen molar-refractivity contribution in [1.29, 1.82) is 0 Å². The maximum atomic E-state index is 14.8. The molecule has 2 amide bonds. The number of carbonyl (C=O) groups is 2. The van der Waals surface area contributed by atoms with Gasteiger partial charge in [0.2, 0.25) is 0 Å². The third-order valence-corrected chi connectivity index (χ3v) is 9.62. The van der Waals surface area contributed by atoms with Crippen LogP contribution in [0.25, 0.3) is 60.9 Å². The second kappa shape index (κ2) is 11.3. The molecule has 1 aromatic heterocycles. The summed E-state index contributed by atoms with van der Waals surface area (Å²) >= 11 is 0. The van der Waals surface area contributed by atoms with E-state index in [2.05, 4.69) is 84.3 Å². The number of benzene rings is 7. The van der Waals surface area contributed by atoms with Crippen LogP contribution in [0.15, 0.2) is 164 Å². The fourth-order valence-corrected chi connectivity index (χ4v) is 7.30. The molecule has 49 heavy (non-hydrogen) atoms. The SMILES string of the molecule is Cc1ccc(-c2cccc3c4ccccc4n(-c4cccc5c4C(=O)N(c4ccc(-c6ccccc6)cc4-c4ccccc4)C5=O)c23)cc1. The number of hydrogen-bond donors (Lipinski definition) is 0. The highest BCUT2D eigenvalue weighted by atomic mass is 16.2. The van der Waals surface area contributed by atoms with Crippen LogP contribution in [0.1, 0.15) is 26.3 Å². The topological polar surface area (TPSA) is 42.3 Å². The summed E-state index contributed by atoms with van der Waals surface area (Å²) in [4.78, 5) is 30.6. The minimum Gasteiger partial charge on any atom is -0.308 e. The Labute approximate surface area is 284 Å². The number of hydrogen-bond acceptors (Lipinski definition) is 2. The van der Waals surface area contributed by atoms with Crippen molar-refractivity contribution in [2.75, 3.05) is 4.90 Å². The number of rotatable bonds is 5. The number of fused-ring (bicyclic) bond motifs is 4. The summed E-state index contributed by atoms with van der Waals surface area (Å²) in [5.41, 5.74) is 11.2. The summed E-state index contributed by atoms with van der Waals surface area (Å²) in [6, 6.07) is 54.8. The zero-order valence-corrected chi connectivity index (χ0v) is 26.8. The van der Waals surface area contributed by atoms with E-state index in [1.54, 1.807) is 6.07 Å². The molecule has 232 valence electrons. The predicted octanol–water partition coefficient (Wildman–Crippen LogP) is 10.9. The Hall–Kier alpha value is -6.52. The Balaban J connectivity index is 1.27. The molecule has 9 rings (SSSR count). The predicted molar refractivity (Wildman–Crippen MR) is 199 cm³/mol. The average Bonchev–Trinajstić information content (AvgIpc) is 3.63. The number of anilines is 1. The second-order valence-electron chi connectivity index (χ2n) is 12.5. The maximum Gasteiger partial charge on any atom is 0.268 e. The van der Waals surface area contributed by atoms with Crippen molar-refractivity contribution in [2.24, 2.45) is 0 Å². The molecule has 4 nitrogen and oxygen atoms in total. The number of amides is 2. The smallest absolute Gasteiger partial charge is 0.268 e. The van der Waals surface area contributed by atoms with E-state index in [0.29, 0.717) is 22.5 Å². The van der Waals surface area contributed by atoms with Crippen molar-refractivity contribution in [3.63, 3.8) is 0 Å². The Morgan fingerprint density at radius 2 is 1.04 bits per heavy atom. The van der Waals surface area contributed by atoms with Crippen molar-refractivity contribution in [3.05, 3.63) is 180 Å². The normalized spacial score (nSPS) is 12.6. The van der Waals surface area contributed by atoms with Gasteiger partial charge in [-0.15, -0.1) is 0 Å².